The van der Waals surface area contributed by atoms with Crippen LogP contribution in [0.4, 0.5) is 0 Å². The number of carbonyl (C=O) groups excluding carboxylic acids is 1. The molecule has 2 N–H and O–H groups in total. The van der Waals surface area contributed by atoms with Crippen LogP contribution in [0, 0.1) is 0 Å². The van der Waals surface area contributed by atoms with Crippen LogP contribution in [0.25, 0.3) is 0 Å². The Morgan fingerprint density at radius 1 is 1.09 bits per heavy atom. The summed E-state index contributed by atoms with van der Waals surface area (Å²) in [6.45, 7) is 2.19. The highest BCUT2D eigenvalue weighted by molar-refractivity contribution is 5.93. The van der Waals surface area contributed by atoms with E-state index in [1.54, 1.807) is 0 Å². The molecular weight excluding hydrogens is 294 g/mol. The van der Waals surface area contributed by atoms with Gasteiger partial charge in [0.05, 0.1) is 18.4 Å². The molecule has 6 nitrogen and oxygen atoms in total. The lowest BCUT2D eigenvalue weighted by Gasteiger charge is -2.30. The molecule has 1 aliphatic carbocycles. The Balaban J connectivity index is 1.78. The first-order valence-corrected chi connectivity index (χ1v) is 7.51. The molecule has 0 radical (unpaired) electrons. The predicted octanol–water partition coefficient (Wildman–Crippen LogP) is 2.54. The number of aromatic nitrogens is 2. The molecule has 1 aromatic heterocycles. The fourth-order valence-corrected chi connectivity index (χ4v) is 2.94. The normalized spacial score (nSPS) is 19.7. The van der Waals surface area contributed by atoms with Crippen molar-refractivity contribution in [2.45, 2.75) is 31.7 Å². The van der Waals surface area contributed by atoms with E-state index in [0.29, 0.717) is 5.92 Å². The molecule has 0 bridgehead atoms. The van der Waals surface area contributed by atoms with E-state index >= 15 is 0 Å². The lowest BCUT2D eigenvalue weighted by molar-refractivity contribution is 0.0689. The fourth-order valence-electron chi connectivity index (χ4n) is 2.94. The van der Waals surface area contributed by atoms with Crippen molar-refractivity contribution in [1.82, 2.24) is 15.3 Å². The first kappa shape index (κ1) is 15.1. The SMILES string of the molecule is CC1CCC(NC(=O)c2cnc(C(=O)O)cn2)c2ccccc21. The number of hydrogen-bond donors (Lipinski definition) is 2. The maximum absolute atomic E-state index is 12.3. The third kappa shape index (κ3) is 3.06. The highest BCUT2D eigenvalue weighted by atomic mass is 16.4. The number of carboxylic acid groups (broad SMARTS) is 1. The molecule has 118 valence electrons. The fraction of sp³-hybridized carbons (Fsp3) is 0.294. The predicted molar refractivity (Wildman–Crippen MR) is 83.3 cm³/mol. The second-order valence-electron chi connectivity index (χ2n) is 5.73. The number of nitrogens with one attached hydrogen (secondary N) is 1. The number of rotatable bonds is 3. The summed E-state index contributed by atoms with van der Waals surface area (Å²) in [7, 11) is 0. The Morgan fingerprint density at radius 3 is 2.39 bits per heavy atom. The van der Waals surface area contributed by atoms with Crippen LogP contribution in [0.5, 0.6) is 0 Å². The van der Waals surface area contributed by atoms with Gasteiger partial charge in [-0.2, -0.15) is 0 Å². The number of aromatic carboxylic acids is 1. The summed E-state index contributed by atoms with van der Waals surface area (Å²) in [4.78, 5) is 30.7. The molecule has 2 unspecified atom stereocenters. The van der Waals surface area contributed by atoms with E-state index in [-0.39, 0.29) is 23.3 Å². The van der Waals surface area contributed by atoms with Crippen molar-refractivity contribution in [3.05, 3.63) is 59.2 Å². The topological polar surface area (TPSA) is 92.2 Å². The van der Waals surface area contributed by atoms with Crippen LogP contribution in [0.1, 0.15) is 63.8 Å². The largest absolute Gasteiger partial charge is 0.476 e. The molecule has 6 heteroatoms. The minimum atomic E-state index is -1.17. The van der Waals surface area contributed by atoms with Crippen molar-refractivity contribution in [3.8, 4) is 0 Å². The average Bonchev–Trinajstić information content (AvgIpc) is 2.57. The van der Waals surface area contributed by atoms with Gasteiger partial charge in [-0.15, -0.1) is 0 Å². The van der Waals surface area contributed by atoms with Gasteiger partial charge in [0.25, 0.3) is 5.91 Å². The first-order chi connectivity index (χ1) is 11.1. The molecular formula is C17H17N3O3. The Hall–Kier alpha value is -2.76. The third-order valence-corrected chi connectivity index (χ3v) is 4.20. The van der Waals surface area contributed by atoms with E-state index in [2.05, 4.69) is 28.3 Å². The minimum Gasteiger partial charge on any atom is -0.476 e. The molecule has 1 aliphatic rings. The first-order valence-electron chi connectivity index (χ1n) is 7.51. The van der Waals surface area contributed by atoms with Gasteiger partial charge in [-0.3, -0.25) is 4.79 Å². The Morgan fingerprint density at radius 2 is 1.74 bits per heavy atom. The smallest absolute Gasteiger partial charge is 0.356 e. The number of nitrogens with zero attached hydrogens (tertiary/aromatic N) is 2. The van der Waals surface area contributed by atoms with Crippen LogP contribution in [0.3, 0.4) is 0 Å². The summed E-state index contributed by atoms with van der Waals surface area (Å²) >= 11 is 0. The standard InChI is InChI=1S/C17H17N3O3/c1-10-6-7-13(12-5-3-2-4-11(10)12)20-16(21)14-8-19-15(9-18-14)17(22)23/h2-5,8-10,13H,6-7H2,1H3,(H,20,21)(H,22,23). The van der Waals surface area contributed by atoms with Crippen molar-refractivity contribution in [3.63, 3.8) is 0 Å². The summed E-state index contributed by atoms with van der Waals surface area (Å²) in [6, 6.07) is 8.05. The van der Waals surface area contributed by atoms with E-state index in [0.717, 1.165) is 24.6 Å². The van der Waals surface area contributed by atoms with Gasteiger partial charge >= 0.3 is 5.97 Å². The second kappa shape index (κ2) is 6.16. The molecule has 0 saturated carbocycles. The maximum atomic E-state index is 12.3. The third-order valence-electron chi connectivity index (χ3n) is 4.20. The van der Waals surface area contributed by atoms with Crippen molar-refractivity contribution in [2.75, 3.05) is 0 Å². The van der Waals surface area contributed by atoms with E-state index in [9.17, 15) is 9.59 Å². The summed E-state index contributed by atoms with van der Waals surface area (Å²) in [5.74, 6) is -1.03. The van der Waals surface area contributed by atoms with Gasteiger partial charge in [0.15, 0.2) is 5.69 Å². The van der Waals surface area contributed by atoms with Crippen LogP contribution in [0.2, 0.25) is 0 Å². The van der Waals surface area contributed by atoms with Crippen molar-refractivity contribution < 1.29 is 14.7 Å². The van der Waals surface area contributed by atoms with Crippen LogP contribution in [-0.2, 0) is 0 Å². The molecule has 1 heterocycles. The molecule has 1 amide bonds. The quantitative estimate of drug-likeness (QED) is 0.908. The van der Waals surface area contributed by atoms with Crippen molar-refractivity contribution in [1.29, 1.82) is 0 Å². The second-order valence-corrected chi connectivity index (χ2v) is 5.73. The van der Waals surface area contributed by atoms with E-state index < -0.39 is 5.97 Å². The highest BCUT2D eigenvalue weighted by Crippen LogP contribution is 2.36. The molecule has 0 spiro atoms. The van der Waals surface area contributed by atoms with Crippen molar-refractivity contribution in [2.24, 2.45) is 0 Å². The van der Waals surface area contributed by atoms with Crippen LogP contribution in [0.15, 0.2) is 36.7 Å². The van der Waals surface area contributed by atoms with Gasteiger partial charge in [-0.25, -0.2) is 14.8 Å². The zero-order valence-corrected chi connectivity index (χ0v) is 12.7. The summed E-state index contributed by atoms with van der Waals surface area (Å²) in [5, 5.41) is 11.8. The molecule has 0 fully saturated rings. The molecule has 2 aromatic rings. The molecule has 3 rings (SSSR count). The van der Waals surface area contributed by atoms with Crippen LogP contribution in [-0.4, -0.2) is 27.0 Å². The zero-order valence-electron chi connectivity index (χ0n) is 12.7. The number of carbonyl (C=O) groups is 2. The number of carboxylic acids is 1. The molecule has 0 aliphatic heterocycles. The minimum absolute atomic E-state index is 0.0594. The van der Waals surface area contributed by atoms with Gasteiger partial charge in [0.2, 0.25) is 0 Å². The number of benzene rings is 1. The Bertz CT molecular complexity index is 743. The summed E-state index contributed by atoms with van der Waals surface area (Å²) in [6.07, 6.45) is 4.15. The van der Waals surface area contributed by atoms with E-state index in [4.69, 9.17) is 5.11 Å². The van der Waals surface area contributed by atoms with Gasteiger partial charge in [-0.05, 0) is 29.9 Å². The van der Waals surface area contributed by atoms with Gasteiger partial charge < -0.3 is 10.4 Å². The lowest BCUT2D eigenvalue weighted by Crippen LogP contribution is -2.32. The van der Waals surface area contributed by atoms with E-state index in [1.807, 2.05) is 18.2 Å². The molecule has 23 heavy (non-hydrogen) atoms. The highest BCUT2D eigenvalue weighted by Gasteiger charge is 2.26. The maximum Gasteiger partial charge on any atom is 0.356 e. The zero-order chi connectivity index (χ0) is 16.4. The van der Waals surface area contributed by atoms with Crippen LogP contribution >= 0.6 is 0 Å². The van der Waals surface area contributed by atoms with Gasteiger partial charge in [0, 0.05) is 0 Å². The molecule has 0 saturated heterocycles. The summed E-state index contributed by atoms with van der Waals surface area (Å²) < 4.78 is 0. The number of fused-ring (bicyclic) bond motifs is 1. The lowest BCUT2D eigenvalue weighted by atomic mass is 9.81. The molecule has 1 aromatic carbocycles. The Kier molecular flexibility index (Phi) is 4.06. The molecule has 2 atom stereocenters. The monoisotopic (exact) mass is 311 g/mol. The average molecular weight is 311 g/mol. The van der Waals surface area contributed by atoms with Gasteiger partial charge in [-0.1, -0.05) is 31.2 Å². The Labute approximate surface area is 133 Å². The number of hydrogen-bond acceptors (Lipinski definition) is 4. The number of amides is 1. The van der Waals surface area contributed by atoms with Crippen LogP contribution < -0.4 is 5.32 Å². The van der Waals surface area contributed by atoms with Gasteiger partial charge in [0.1, 0.15) is 5.69 Å². The van der Waals surface area contributed by atoms with E-state index in [1.165, 1.54) is 11.8 Å². The van der Waals surface area contributed by atoms with Crippen molar-refractivity contribution >= 4 is 11.9 Å². The summed E-state index contributed by atoms with van der Waals surface area (Å²) in [5.41, 5.74) is 2.33.